The van der Waals surface area contributed by atoms with Crippen LogP contribution in [0.2, 0.25) is 0 Å². The fraction of sp³-hybridized carbons (Fsp3) is 0.333. The summed E-state index contributed by atoms with van der Waals surface area (Å²) in [5, 5.41) is 14.4. The van der Waals surface area contributed by atoms with Gasteiger partial charge >= 0.3 is 0 Å². The van der Waals surface area contributed by atoms with Gasteiger partial charge in [0.15, 0.2) is 6.04 Å². The van der Waals surface area contributed by atoms with Gasteiger partial charge in [-0.05, 0) is 12.1 Å². The highest BCUT2D eigenvalue weighted by Gasteiger charge is 2.21. The van der Waals surface area contributed by atoms with Crippen molar-refractivity contribution in [1.29, 1.82) is 5.26 Å². The first-order valence-electron chi connectivity index (χ1n) is 9.47. The molecule has 0 saturated carbocycles. The normalized spacial score (nSPS) is 15.1. The third-order valence-corrected chi connectivity index (χ3v) is 4.59. The summed E-state index contributed by atoms with van der Waals surface area (Å²) in [4.78, 5) is 31.1. The number of carbonyl (C=O) groups excluding carboxylic acids is 2. The number of nitrogens with one attached hydrogen (secondary N) is 2. The van der Waals surface area contributed by atoms with E-state index in [1.807, 2.05) is 36.4 Å². The second-order valence-electron chi connectivity index (χ2n) is 6.58. The molecule has 1 fully saturated rings. The second kappa shape index (κ2) is 10.3. The van der Waals surface area contributed by atoms with E-state index < -0.39 is 17.9 Å². The zero-order valence-corrected chi connectivity index (χ0v) is 16.0. The van der Waals surface area contributed by atoms with Gasteiger partial charge in [0.1, 0.15) is 0 Å². The number of nitrogens with zero attached hydrogens (tertiary/aromatic N) is 3. The van der Waals surface area contributed by atoms with Crippen LogP contribution in [0.25, 0.3) is 11.3 Å². The number of rotatable bonds is 7. The molecule has 29 heavy (non-hydrogen) atoms. The lowest BCUT2D eigenvalue weighted by atomic mass is 10.1. The van der Waals surface area contributed by atoms with Gasteiger partial charge in [-0.2, -0.15) is 5.26 Å². The number of morpholine rings is 1. The minimum atomic E-state index is -1.26. The fourth-order valence-electron chi connectivity index (χ4n) is 2.94. The molecule has 8 nitrogen and oxygen atoms in total. The van der Waals surface area contributed by atoms with Gasteiger partial charge in [-0.15, -0.1) is 0 Å². The Labute approximate surface area is 169 Å². The van der Waals surface area contributed by atoms with Crippen molar-refractivity contribution in [1.82, 2.24) is 20.5 Å². The van der Waals surface area contributed by atoms with E-state index in [2.05, 4.69) is 20.5 Å². The van der Waals surface area contributed by atoms with Crippen molar-refractivity contribution in [3.8, 4) is 17.3 Å². The van der Waals surface area contributed by atoms with Crippen LogP contribution in [0.15, 0.2) is 48.7 Å². The van der Waals surface area contributed by atoms with Crippen LogP contribution in [0.5, 0.6) is 0 Å². The van der Waals surface area contributed by atoms with Crippen molar-refractivity contribution in [2.75, 3.05) is 39.4 Å². The van der Waals surface area contributed by atoms with Crippen LogP contribution < -0.4 is 10.6 Å². The monoisotopic (exact) mass is 393 g/mol. The SMILES string of the molecule is N#CC(NC(=O)c1ccc(-c2ccccc2)nc1)C(=O)NCCN1CCOCC1. The van der Waals surface area contributed by atoms with Crippen molar-refractivity contribution < 1.29 is 14.3 Å². The van der Waals surface area contributed by atoms with Crippen molar-refractivity contribution in [2.45, 2.75) is 6.04 Å². The molecule has 150 valence electrons. The second-order valence-corrected chi connectivity index (χ2v) is 6.58. The Morgan fingerprint density at radius 3 is 2.59 bits per heavy atom. The van der Waals surface area contributed by atoms with E-state index in [9.17, 15) is 14.9 Å². The number of ether oxygens (including phenoxy) is 1. The van der Waals surface area contributed by atoms with Gasteiger partial charge in [0.05, 0.1) is 30.5 Å². The first kappa shape index (κ1) is 20.5. The van der Waals surface area contributed by atoms with E-state index in [0.29, 0.717) is 26.3 Å². The smallest absolute Gasteiger partial charge is 0.257 e. The van der Waals surface area contributed by atoms with E-state index >= 15 is 0 Å². The Bertz CT molecular complexity index is 858. The van der Waals surface area contributed by atoms with Crippen LogP contribution in [-0.4, -0.2) is 67.1 Å². The topological polar surface area (TPSA) is 107 Å². The summed E-state index contributed by atoms with van der Waals surface area (Å²) >= 11 is 0. The molecular weight excluding hydrogens is 370 g/mol. The van der Waals surface area contributed by atoms with Crippen molar-refractivity contribution in [2.24, 2.45) is 0 Å². The summed E-state index contributed by atoms with van der Waals surface area (Å²) in [5.74, 6) is -1.05. The number of hydrogen-bond donors (Lipinski definition) is 2. The third-order valence-electron chi connectivity index (χ3n) is 4.59. The molecule has 2 heterocycles. The molecule has 8 heteroatoms. The Kier molecular flexibility index (Phi) is 7.28. The van der Waals surface area contributed by atoms with Crippen LogP contribution in [0.1, 0.15) is 10.4 Å². The van der Waals surface area contributed by atoms with Crippen molar-refractivity contribution in [3.63, 3.8) is 0 Å². The van der Waals surface area contributed by atoms with Crippen molar-refractivity contribution in [3.05, 3.63) is 54.2 Å². The van der Waals surface area contributed by atoms with Gasteiger partial charge in [0.2, 0.25) is 0 Å². The molecule has 0 radical (unpaired) electrons. The molecule has 2 amide bonds. The lowest BCUT2D eigenvalue weighted by Gasteiger charge is -2.26. The molecule has 0 aliphatic carbocycles. The zero-order valence-electron chi connectivity index (χ0n) is 16.0. The summed E-state index contributed by atoms with van der Waals surface area (Å²) < 4.78 is 5.28. The standard InChI is InChI=1S/C21H23N5O3/c22-14-19(21(28)23-8-9-26-10-12-29-13-11-26)25-20(27)17-6-7-18(24-15-17)16-4-2-1-3-5-16/h1-7,15,19H,8-13H2,(H,23,28)(H,25,27). The number of benzene rings is 1. The van der Waals surface area contributed by atoms with Gasteiger partial charge in [0.25, 0.3) is 11.8 Å². The summed E-state index contributed by atoms with van der Waals surface area (Å²) in [6.07, 6.45) is 1.43. The molecule has 1 atom stereocenters. The molecule has 3 rings (SSSR count). The average Bonchev–Trinajstić information content (AvgIpc) is 2.78. The molecule has 1 aromatic carbocycles. The maximum atomic E-state index is 12.4. The predicted octanol–water partition coefficient (Wildman–Crippen LogP) is 0.819. The number of carbonyl (C=O) groups is 2. The highest BCUT2D eigenvalue weighted by Crippen LogP contribution is 2.16. The molecule has 1 unspecified atom stereocenters. The molecule has 1 aliphatic heterocycles. The van der Waals surface area contributed by atoms with Crippen LogP contribution in [0, 0.1) is 11.3 Å². The van der Waals surface area contributed by atoms with Gasteiger partial charge in [-0.1, -0.05) is 30.3 Å². The quantitative estimate of drug-likeness (QED) is 0.721. The molecule has 2 aromatic rings. The third kappa shape index (κ3) is 5.85. The predicted molar refractivity (Wildman–Crippen MR) is 107 cm³/mol. The maximum Gasteiger partial charge on any atom is 0.257 e. The van der Waals surface area contributed by atoms with Crippen LogP contribution in [-0.2, 0) is 9.53 Å². The van der Waals surface area contributed by atoms with E-state index in [-0.39, 0.29) is 5.56 Å². The first-order chi connectivity index (χ1) is 14.2. The van der Waals surface area contributed by atoms with Gasteiger partial charge < -0.3 is 15.4 Å². The number of pyridine rings is 1. The average molecular weight is 393 g/mol. The molecule has 1 saturated heterocycles. The molecule has 2 N–H and O–H groups in total. The number of aromatic nitrogens is 1. The van der Waals surface area contributed by atoms with Crippen LogP contribution >= 0.6 is 0 Å². The van der Waals surface area contributed by atoms with E-state index in [1.54, 1.807) is 12.1 Å². The lowest BCUT2D eigenvalue weighted by molar-refractivity contribution is -0.121. The summed E-state index contributed by atoms with van der Waals surface area (Å²) in [7, 11) is 0. The Hall–Kier alpha value is -3.28. The molecule has 1 aromatic heterocycles. The summed E-state index contributed by atoms with van der Waals surface area (Å²) in [6, 6.07) is 13.5. The van der Waals surface area contributed by atoms with E-state index in [4.69, 9.17) is 4.74 Å². The molecular formula is C21H23N5O3. The highest BCUT2D eigenvalue weighted by molar-refractivity contribution is 5.98. The Morgan fingerprint density at radius 2 is 1.93 bits per heavy atom. The molecule has 1 aliphatic rings. The van der Waals surface area contributed by atoms with Crippen LogP contribution in [0.4, 0.5) is 0 Å². The van der Waals surface area contributed by atoms with Crippen molar-refractivity contribution >= 4 is 11.8 Å². The van der Waals surface area contributed by atoms with Gasteiger partial charge in [0, 0.05) is 37.9 Å². The number of hydrogen-bond acceptors (Lipinski definition) is 6. The molecule has 0 bridgehead atoms. The number of nitriles is 1. The van der Waals surface area contributed by atoms with Crippen LogP contribution in [0.3, 0.4) is 0 Å². The Balaban J connectivity index is 1.51. The minimum Gasteiger partial charge on any atom is -0.379 e. The largest absolute Gasteiger partial charge is 0.379 e. The highest BCUT2D eigenvalue weighted by atomic mass is 16.5. The summed E-state index contributed by atoms with van der Waals surface area (Å²) in [5.41, 5.74) is 1.96. The zero-order chi connectivity index (χ0) is 20.5. The summed E-state index contributed by atoms with van der Waals surface area (Å²) in [6.45, 7) is 4.08. The number of amides is 2. The van der Waals surface area contributed by atoms with Gasteiger partial charge in [-0.3, -0.25) is 19.5 Å². The minimum absolute atomic E-state index is 0.283. The lowest BCUT2D eigenvalue weighted by Crippen LogP contribution is -2.48. The van der Waals surface area contributed by atoms with E-state index in [1.165, 1.54) is 6.20 Å². The van der Waals surface area contributed by atoms with Gasteiger partial charge in [-0.25, -0.2) is 0 Å². The fourth-order valence-corrected chi connectivity index (χ4v) is 2.94. The maximum absolute atomic E-state index is 12.4. The Morgan fingerprint density at radius 1 is 1.17 bits per heavy atom. The molecule has 0 spiro atoms. The van der Waals surface area contributed by atoms with E-state index in [0.717, 1.165) is 24.3 Å². The first-order valence-corrected chi connectivity index (χ1v) is 9.47.